The lowest BCUT2D eigenvalue weighted by Gasteiger charge is -2.07. The van der Waals surface area contributed by atoms with E-state index in [2.05, 4.69) is 0 Å². The van der Waals surface area contributed by atoms with Crippen LogP contribution in [-0.4, -0.2) is 17.6 Å². The highest BCUT2D eigenvalue weighted by atomic mass is 19.4. The number of carbonyl (C=O) groups excluding carboxylic acids is 1. The van der Waals surface area contributed by atoms with E-state index >= 15 is 0 Å². The van der Waals surface area contributed by atoms with Crippen LogP contribution in [0.1, 0.15) is 35.8 Å². The van der Waals surface area contributed by atoms with Crippen molar-refractivity contribution in [1.29, 1.82) is 0 Å². The number of aromatic nitrogens is 1. The number of carbonyl (C=O) groups is 1. The molecule has 0 aliphatic heterocycles. The molecule has 0 amide bonds. The number of alkyl halides is 3. The van der Waals surface area contributed by atoms with Gasteiger partial charge in [0.05, 0.1) is 6.61 Å². The summed E-state index contributed by atoms with van der Waals surface area (Å²) in [5, 5.41) is 0. The summed E-state index contributed by atoms with van der Waals surface area (Å²) in [6.07, 6.45) is -3.22. The number of ether oxygens (including phenoxy) is 1. The van der Waals surface area contributed by atoms with E-state index in [0.29, 0.717) is 12.5 Å². The molecule has 1 rings (SSSR count). The van der Waals surface area contributed by atoms with Crippen LogP contribution in [0, 0.1) is 0 Å². The predicted octanol–water partition coefficient (Wildman–Crippen LogP) is 2.35. The molecule has 1 aromatic heterocycles. The number of hydrogen-bond donors (Lipinski definition) is 1. The summed E-state index contributed by atoms with van der Waals surface area (Å²) in [5.74, 6) is -0.918. The van der Waals surface area contributed by atoms with Crippen LogP contribution in [-0.2, 0) is 10.9 Å². The number of aromatic amines is 1. The van der Waals surface area contributed by atoms with Crippen molar-refractivity contribution in [2.75, 3.05) is 6.61 Å². The topological polar surface area (TPSA) is 59.2 Å². The first-order valence-electron chi connectivity index (χ1n) is 5.34. The third kappa shape index (κ3) is 3.61. The van der Waals surface area contributed by atoms with Crippen molar-refractivity contribution in [1.82, 2.24) is 4.98 Å². The van der Waals surface area contributed by atoms with Gasteiger partial charge in [-0.25, -0.2) is 4.79 Å². The van der Waals surface area contributed by atoms with Gasteiger partial charge in [0.15, 0.2) is 0 Å². The molecule has 18 heavy (non-hydrogen) atoms. The number of halogens is 3. The summed E-state index contributed by atoms with van der Waals surface area (Å²) in [4.78, 5) is 24.3. The number of rotatable bonds is 4. The van der Waals surface area contributed by atoms with Crippen molar-refractivity contribution >= 4 is 5.97 Å². The third-order valence-corrected chi connectivity index (χ3v) is 2.17. The van der Waals surface area contributed by atoms with E-state index in [-0.39, 0.29) is 6.61 Å². The highest BCUT2D eigenvalue weighted by Crippen LogP contribution is 2.26. The summed E-state index contributed by atoms with van der Waals surface area (Å²) in [5.41, 5.74) is -2.73. The minimum atomic E-state index is -4.65. The maximum absolute atomic E-state index is 12.3. The van der Waals surface area contributed by atoms with Crippen LogP contribution >= 0.6 is 0 Å². The van der Waals surface area contributed by atoms with Crippen molar-refractivity contribution in [3.8, 4) is 0 Å². The van der Waals surface area contributed by atoms with Crippen molar-refractivity contribution < 1.29 is 22.7 Å². The molecule has 1 heterocycles. The smallest absolute Gasteiger partial charge is 0.431 e. The zero-order chi connectivity index (χ0) is 13.8. The van der Waals surface area contributed by atoms with Crippen LogP contribution in [0.2, 0.25) is 0 Å². The molecule has 100 valence electrons. The van der Waals surface area contributed by atoms with Gasteiger partial charge in [0, 0.05) is 0 Å². The lowest BCUT2D eigenvalue weighted by Crippen LogP contribution is -2.23. The van der Waals surface area contributed by atoms with E-state index in [4.69, 9.17) is 4.74 Å². The predicted molar refractivity (Wildman–Crippen MR) is 57.3 cm³/mol. The van der Waals surface area contributed by atoms with Crippen LogP contribution in [0.15, 0.2) is 16.9 Å². The second-order valence-electron chi connectivity index (χ2n) is 3.60. The second kappa shape index (κ2) is 5.70. The quantitative estimate of drug-likeness (QED) is 0.670. The van der Waals surface area contributed by atoms with Gasteiger partial charge in [-0.15, -0.1) is 0 Å². The van der Waals surface area contributed by atoms with Crippen LogP contribution < -0.4 is 5.56 Å². The molecule has 0 radical (unpaired) electrons. The first kappa shape index (κ1) is 14.3. The standard InChI is InChI=1S/C11H12F3NO3/c1-2-3-6-18-10(17)7-4-5-8(11(12,13)14)15-9(7)16/h4-5H,2-3,6H2,1H3,(H,15,16). The average Bonchev–Trinajstić information content (AvgIpc) is 2.27. The summed E-state index contributed by atoms with van der Waals surface area (Å²) in [6, 6.07) is 1.45. The molecule has 1 aromatic rings. The van der Waals surface area contributed by atoms with Crippen LogP contribution in [0.25, 0.3) is 0 Å². The SMILES string of the molecule is CCCCOC(=O)c1ccc(C(F)(F)F)[nH]c1=O. The summed E-state index contributed by atoms with van der Waals surface area (Å²) in [7, 11) is 0. The normalized spacial score (nSPS) is 11.3. The maximum Gasteiger partial charge on any atom is 0.431 e. The molecule has 7 heteroatoms. The molecule has 0 aliphatic carbocycles. The molecule has 0 saturated heterocycles. The Morgan fingerprint density at radius 1 is 1.39 bits per heavy atom. The van der Waals surface area contributed by atoms with E-state index in [1.165, 1.54) is 0 Å². The van der Waals surface area contributed by atoms with Gasteiger partial charge in [-0.3, -0.25) is 4.79 Å². The highest BCUT2D eigenvalue weighted by molar-refractivity contribution is 5.88. The third-order valence-electron chi connectivity index (χ3n) is 2.17. The minimum absolute atomic E-state index is 0.135. The maximum atomic E-state index is 12.3. The fourth-order valence-corrected chi connectivity index (χ4v) is 1.19. The Balaban J connectivity index is 2.86. The van der Waals surface area contributed by atoms with Gasteiger partial charge in [0.2, 0.25) is 0 Å². The monoisotopic (exact) mass is 263 g/mol. The Bertz CT molecular complexity index is 479. The van der Waals surface area contributed by atoms with E-state index < -0.39 is 29.0 Å². The average molecular weight is 263 g/mol. The minimum Gasteiger partial charge on any atom is -0.462 e. The molecule has 0 atom stereocenters. The zero-order valence-corrected chi connectivity index (χ0v) is 9.63. The van der Waals surface area contributed by atoms with E-state index in [1.54, 1.807) is 4.98 Å². The lowest BCUT2D eigenvalue weighted by atomic mass is 10.2. The number of esters is 1. The van der Waals surface area contributed by atoms with Gasteiger partial charge in [-0.2, -0.15) is 13.2 Å². The van der Waals surface area contributed by atoms with Crippen LogP contribution in [0.3, 0.4) is 0 Å². The number of H-pyrrole nitrogens is 1. The molecule has 0 aliphatic rings. The van der Waals surface area contributed by atoms with Crippen molar-refractivity contribution in [3.63, 3.8) is 0 Å². The number of unbranched alkanes of at least 4 members (excludes halogenated alkanes) is 1. The molecule has 0 spiro atoms. The molecule has 0 aromatic carbocycles. The Labute approximate surface area is 101 Å². The fraction of sp³-hybridized carbons (Fsp3) is 0.455. The van der Waals surface area contributed by atoms with E-state index in [1.807, 2.05) is 6.92 Å². The van der Waals surface area contributed by atoms with Gasteiger partial charge in [0.1, 0.15) is 11.3 Å². The number of pyridine rings is 1. The second-order valence-corrected chi connectivity index (χ2v) is 3.60. The fourth-order valence-electron chi connectivity index (χ4n) is 1.19. The molecule has 0 saturated carbocycles. The van der Waals surface area contributed by atoms with Gasteiger partial charge >= 0.3 is 12.1 Å². The Hall–Kier alpha value is -1.79. The molecule has 1 N–H and O–H groups in total. The summed E-state index contributed by atoms with van der Waals surface area (Å²) < 4.78 is 41.5. The first-order valence-corrected chi connectivity index (χ1v) is 5.34. The molecule has 0 unspecified atom stereocenters. The van der Waals surface area contributed by atoms with Crippen LogP contribution in [0.4, 0.5) is 13.2 Å². The van der Waals surface area contributed by atoms with E-state index in [0.717, 1.165) is 12.5 Å². The number of hydrogen-bond acceptors (Lipinski definition) is 3. The zero-order valence-electron chi connectivity index (χ0n) is 9.63. The van der Waals surface area contributed by atoms with Gasteiger partial charge in [0.25, 0.3) is 5.56 Å². The molecular formula is C11H12F3NO3. The molecular weight excluding hydrogens is 251 g/mol. The van der Waals surface area contributed by atoms with Crippen LogP contribution in [0.5, 0.6) is 0 Å². The molecule has 4 nitrogen and oxygen atoms in total. The number of nitrogens with one attached hydrogen (secondary N) is 1. The summed E-state index contributed by atoms with van der Waals surface area (Å²) >= 11 is 0. The van der Waals surface area contributed by atoms with Gasteiger partial charge < -0.3 is 9.72 Å². The van der Waals surface area contributed by atoms with E-state index in [9.17, 15) is 22.8 Å². The largest absolute Gasteiger partial charge is 0.462 e. The van der Waals surface area contributed by atoms with Gasteiger partial charge in [-0.1, -0.05) is 13.3 Å². The first-order chi connectivity index (χ1) is 8.36. The lowest BCUT2D eigenvalue weighted by molar-refractivity contribution is -0.141. The summed E-state index contributed by atoms with van der Waals surface area (Å²) in [6.45, 7) is 2.02. The Morgan fingerprint density at radius 2 is 2.06 bits per heavy atom. The van der Waals surface area contributed by atoms with Crippen molar-refractivity contribution in [2.24, 2.45) is 0 Å². The Kier molecular flexibility index (Phi) is 4.52. The van der Waals surface area contributed by atoms with Crippen molar-refractivity contribution in [3.05, 3.63) is 33.7 Å². The Morgan fingerprint density at radius 3 is 2.56 bits per heavy atom. The van der Waals surface area contributed by atoms with Gasteiger partial charge in [-0.05, 0) is 18.6 Å². The molecule has 0 fully saturated rings. The van der Waals surface area contributed by atoms with Crippen molar-refractivity contribution in [2.45, 2.75) is 25.9 Å². The molecule has 0 bridgehead atoms. The highest BCUT2D eigenvalue weighted by Gasteiger charge is 2.32.